The molecule has 0 radical (unpaired) electrons. The second-order valence-electron chi connectivity index (χ2n) is 6.48. The zero-order chi connectivity index (χ0) is 19.8. The number of ether oxygens (including phenoxy) is 1. The van der Waals surface area contributed by atoms with Gasteiger partial charge in [0.05, 0.1) is 0 Å². The van der Waals surface area contributed by atoms with Gasteiger partial charge in [-0.05, 0) is 32.4 Å². The summed E-state index contributed by atoms with van der Waals surface area (Å²) in [6.45, 7) is 7.05. The van der Waals surface area contributed by atoms with Crippen molar-refractivity contribution in [3.05, 3.63) is 59.2 Å². The number of alkyl halides is 3. The van der Waals surface area contributed by atoms with Crippen molar-refractivity contribution in [1.29, 1.82) is 0 Å². The van der Waals surface area contributed by atoms with E-state index in [2.05, 4.69) is 0 Å². The SMILES string of the molecule is CCN(CC)c1ccc2c(c1)OC(=O)NC2(c1ccc(C)cc1)C(F)(F)F. The molecule has 7 heteroatoms. The standard InChI is InChI=1S/C20H21F3N2O2/c1-4-25(5-2)15-10-11-16-17(12-15)27-18(26)24-19(16,20(21,22)23)14-8-6-13(3)7-9-14/h6-12H,4-5H2,1-3H3,(H,24,26). The Morgan fingerprint density at radius 2 is 1.70 bits per heavy atom. The van der Waals surface area contributed by atoms with Crippen LogP contribution in [0.25, 0.3) is 0 Å². The number of anilines is 1. The largest absolute Gasteiger partial charge is 0.420 e. The van der Waals surface area contributed by atoms with Gasteiger partial charge in [-0.15, -0.1) is 0 Å². The first-order valence-electron chi connectivity index (χ1n) is 8.76. The topological polar surface area (TPSA) is 41.6 Å². The van der Waals surface area contributed by atoms with Gasteiger partial charge in [0.15, 0.2) is 5.54 Å². The Morgan fingerprint density at radius 3 is 2.26 bits per heavy atom. The van der Waals surface area contributed by atoms with Crippen molar-refractivity contribution in [1.82, 2.24) is 5.32 Å². The summed E-state index contributed by atoms with van der Waals surface area (Å²) < 4.78 is 48.2. The Kier molecular flexibility index (Phi) is 4.80. The maximum atomic E-state index is 14.3. The van der Waals surface area contributed by atoms with Gasteiger partial charge >= 0.3 is 12.3 Å². The molecule has 0 aliphatic carbocycles. The summed E-state index contributed by atoms with van der Waals surface area (Å²) in [4.78, 5) is 14.1. The molecule has 1 atom stereocenters. The summed E-state index contributed by atoms with van der Waals surface area (Å²) in [5.74, 6) is -0.0824. The van der Waals surface area contributed by atoms with E-state index in [1.807, 2.05) is 24.1 Å². The van der Waals surface area contributed by atoms with Crippen molar-refractivity contribution in [2.24, 2.45) is 0 Å². The van der Waals surface area contributed by atoms with Gasteiger partial charge in [0, 0.05) is 30.4 Å². The molecule has 0 fully saturated rings. The van der Waals surface area contributed by atoms with Gasteiger partial charge < -0.3 is 9.64 Å². The van der Waals surface area contributed by atoms with E-state index in [-0.39, 0.29) is 16.9 Å². The molecule has 0 saturated heterocycles. The number of hydrogen-bond acceptors (Lipinski definition) is 3. The van der Waals surface area contributed by atoms with E-state index in [0.29, 0.717) is 18.8 Å². The molecule has 1 amide bonds. The van der Waals surface area contributed by atoms with E-state index in [4.69, 9.17) is 4.74 Å². The smallest absolute Gasteiger partial charge is 0.410 e. The predicted octanol–water partition coefficient (Wildman–Crippen LogP) is 4.75. The van der Waals surface area contributed by atoms with Crippen molar-refractivity contribution in [3.8, 4) is 5.75 Å². The molecule has 1 N–H and O–H groups in total. The van der Waals surface area contributed by atoms with Gasteiger partial charge in [-0.2, -0.15) is 13.2 Å². The monoisotopic (exact) mass is 378 g/mol. The van der Waals surface area contributed by atoms with E-state index in [0.717, 1.165) is 5.56 Å². The Labute approximate surface area is 155 Å². The van der Waals surface area contributed by atoms with Crippen molar-refractivity contribution in [2.45, 2.75) is 32.5 Å². The van der Waals surface area contributed by atoms with Crippen molar-refractivity contribution in [3.63, 3.8) is 0 Å². The predicted molar refractivity (Wildman–Crippen MR) is 97.2 cm³/mol. The number of halogens is 3. The summed E-state index contributed by atoms with van der Waals surface area (Å²) in [6.07, 6.45) is -5.88. The highest BCUT2D eigenvalue weighted by molar-refractivity contribution is 5.78. The van der Waals surface area contributed by atoms with Crippen molar-refractivity contribution >= 4 is 11.8 Å². The van der Waals surface area contributed by atoms with Crippen LogP contribution in [0.3, 0.4) is 0 Å². The lowest BCUT2D eigenvalue weighted by atomic mass is 9.80. The third-order valence-corrected chi connectivity index (χ3v) is 4.90. The van der Waals surface area contributed by atoms with Crippen LogP contribution >= 0.6 is 0 Å². The molecule has 2 aromatic carbocycles. The number of carbonyl (C=O) groups excluding carboxylic acids is 1. The second-order valence-corrected chi connectivity index (χ2v) is 6.48. The molecule has 1 aliphatic heterocycles. The molecular formula is C20H21F3N2O2. The lowest BCUT2D eigenvalue weighted by molar-refractivity contribution is -0.187. The first-order valence-corrected chi connectivity index (χ1v) is 8.76. The van der Waals surface area contributed by atoms with Crippen LogP contribution in [-0.2, 0) is 5.54 Å². The third-order valence-electron chi connectivity index (χ3n) is 4.90. The number of nitrogens with zero attached hydrogens (tertiary/aromatic N) is 1. The highest BCUT2D eigenvalue weighted by Crippen LogP contribution is 2.50. The van der Waals surface area contributed by atoms with E-state index < -0.39 is 17.8 Å². The Balaban J connectivity index is 2.25. The number of fused-ring (bicyclic) bond motifs is 1. The summed E-state index contributed by atoms with van der Waals surface area (Å²) in [5.41, 5.74) is -1.32. The molecule has 0 spiro atoms. The third kappa shape index (κ3) is 3.11. The van der Waals surface area contributed by atoms with Crippen LogP contribution in [0.2, 0.25) is 0 Å². The Hall–Kier alpha value is -2.70. The van der Waals surface area contributed by atoms with Crippen LogP contribution in [0, 0.1) is 6.92 Å². The van der Waals surface area contributed by atoms with E-state index in [1.54, 1.807) is 25.1 Å². The van der Waals surface area contributed by atoms with Gasteiger partial charge in [0.2, 0.25) is 0 Å². The first kappa shape index (κ1) is 19.1. The average Bonchev–Trinajstić information content (AvgIpc) is 2.61. The van der Waals surface area contributed by atoms with Crippen LogP contribution in [0.1, 0.15) is 30.5 Å². The number of aryl methyl sites for hydroxylation is 1. The summed E-state index contributed by atoms with van der Waals surface area (Å²) in [5, 5.41) is 2.04. The Morgan fingerprint density at radius 1 is 1.07 bits per heavy atom. The number of carbonyl (C=O) groups is 1. The molecule has 0 aromatic heterocycles. The van der Waals surface area contributed by atoms with Crippen molar-refractivity contribution in [2.75, 3.05) is 18.0 Å². The minimum atomic E-state index is -4.76. The molecule has 4 nitrogen and oxygen atoms in total. The summed E-state index contributed by atoms with van der Waals surface area (Å²) >= 11 is 0. The molecule has 3 rings (SSSR count). The van der Waals surface area contributed by atoms with E-state index in [9.17, 15) is 18.0 Å². The fraction of sp³-hybridized carbons (Fsp3) is 0.350. The fourth-order valence-electron chi connectivity index (χ4n) is 3.45. The maximum Gasteiger partial charge on any atom is 0.420 e. The fourth-order valence-corrected chi connectivity index (χ4v) is 3.45. The molecule has 2 aromatic rings. The van der Waals surface area contributed by atoms with Crippen LogP contribution in [0.4, 0.5) is 23.7 Å². The molecule has 0 bridgehead atoms. The van der Waals surface area contributed by atoms with Gasteiger partial charge in [-0.3, -0.25) is 5.32 Å². The van der Waals surface area contributed by atoms with E-state index >= 15 is 0 Å². The first-order chi connectivity index (χ1) is 12.7. The summed E-state index contributed by atoms with van der Waals surface area (Å²) in [6, 6.07) is 10.5. The zero-order valence-electron chi connectivity index (χ0n) is 15.4. The molecule has 1 heterocycles. The molecule has 27 heavy (non-hydrogen) atoms. The molecular weight excluding hydrogens is 357 g/mol. The normalized spacial score (nSPS) is 19.1. The maximum absolute atomic E-state index is 14.3. The van der Waals surface area contributed by atoms with Gasteiger partial charge in [-0.1, -0.05) is 35.9 Å². The lowest BCUT2D eigenvalue weighted by Gasteiger charge is -2.41. The van der Waals surface area contributed by atoms with E-state index in [1.165, 1.54) is 24.3 Å². The van der Waals surface area contributed by atoms with Crippen molar-refractivity contribution < 1.29 is 22.7 Å². The van der Waals surface area contributed by atoms with Gasteiger partial charge in [0.25, 0.3) is 0 Å². The second kappa shape index (κ2) is 6.79. The summed E-state index contributed by atoms with van der Waals surface area (Å²) in [7, 11) is 0. The Bertz CT molecular complexity index is 845. The molecule has 1 unspecified atom stereocenters. The van der Waals surface area contributed by atoms with Gasteiger partial charge in [0.1, 0.15) is 5.75 Å². The lowest BCUT2D eigenvalue weighted by Crippen LogP contribution is -2.60. The number of benzene rings is 2. The van der Waals surface area contributed by atoms with Crippen LogP contribution in [0.15, 0.2) is 42.5 Å². The number of rotatable bonds is 4. The van der Waals surface area contributed by atoms with Gasteiger partial charge in [-0.25, -0.2) is 4.79 Å². The highest BCUT2D eigenvalue weighted by Gasteiger charge is 2.61. The zero-order valence-corrected chi connectivity index (χ0v) is 15.4. The minimum Gasteiger partial charge on any atom is -0.410 e. The number of nitrogens with one attached hydrogen (secondary N) is 1. The molecule has 1 aliphatic rings. The number of hydrogen-bond donors (Lipinski definition) is 1. The quantitative estimate of drug-likeness (QED) is 0.835. The van der Waals surface area contributed by atoms with Crippen LogP contribution in [-0.4, -0.2) is 25.4 Å². The minimum absolute atomic E-state index is 0.0610. The van der Waals surface area contributed by atoms with Crippen LogP contribution < -0.4 is 15.0 Å². The molecule has 144 valence electrons. The highest BCUT2D eigenvalue weighted by atomic mass is 19.4. The molecule has 0 saturated carbocycles. The average molecular weight is 378 g/mol. The number of amides is 1. The van der Waals surface area contributed by atoms with Crippen LogP contribution in [0.5, 0.6) is 5.75 Å².